The lowest BCUT2D eigenvalue weighted by atomic mass is 9.93. The van der Waals surface area contributed by atoms with E-state index >= 15 is 0 Å². The Morgan fingerprint density at radius 3 is 2.48 bits per heavy atom. The number of carbonyl (C=O) groups is 1. The molecule has 1 saturated carbocycles. The minimum Gasteiger partial charge on any atom is -0.393 e. The minimum atomic E-state index is -0.217. The number of anilines is 1. The van der Waals surface area contributed by atoms with Crippen molar-refractivity contribution in [2.45, 2.75) is 77.0 Å². The number of aromatic nitrogens is 4. The number of amides is 1. The van der Waals surface area contributed by atoms with Crippen molar-refractivity contribution in [2.75, 3.05) is 18.4 Å². The summed E-state index contributed by atoms with van der Waals surface area (Å²) < 4.78 is 2.32. The first kappa shape index (κ1) is 26.4. The molecule has 1 aromatic carbocycles. The van der Waals surface area contributed by atoms with Crippen LogP contribution in [0.2, 0.25) is 0 Å². The lowest BCUT2D eigenvalue weighted by molar-refractivity contribution is 0.0790. The standard InChI is InChI=1S/C32H38N6O2/c1-20-15-25(16-21(2)34-20)31(40)37-14-13-24(18-37)29-19-38(26-9-11-27(39)12-10-26)30-28(29)17-33-32(36-30)35-22(3)23-7-5-4-6-8-23/h4-8,15-17,19,22,24,26-27,39H,9-14,18H2,1-3H3,(H,33,35,36)/t22-,24?,26-,27-/m0/s1. The zero-order valence-electron chi connectivity index (χ0n) is 23.5. The van der Waals surface area contributed by atoms with Crippen molar-refractivity contribution in [3.05, 3.63) is 82.9 Å². The van der Waals surface area contributed by atoms with Gasteiger partial charge >= 0.3 is 0 Å². The molecule has 1 amide bonds. The second-order valence-electron chi connectivity index (χ2n) is 11.5. The van der Waals surface area contributed by atoms with Gasteiger partial charge in [0, 0.05) is 59.8 Å². The predicted molar refractivity (Wildman–Crippen MR) is 156 cm³/mol. The third-order valence-corrected chi connectivity index (χ3v) is 8.55. The Hall–Kier alpha value is -3.78. The molecule has 8 nitrogen and oxygen atoms in total. The van der Waals surface area contributed by atoms with Gasteiger partial charge in [0.25, 0.3) is 5.91 Å². The van der Waals surface area contributed by atoms with Gasteiger partial charge in [0.15, 0.2) is 0 Å². The number of rotatable bonds is 6. The number of likely N-dealkylation sites (tertiary alicyclic amines) is 1. The first-order chi connectivity index (χ1) is 19.4. The minimum absolute atomic E-state index is 0.0683. The Morgan fingerprint density at radius 1 is 1.02 bits per heavy atom. The fourth-order valence-corrected chi connectivity index (χ4v) is 6.42. The van der Waals surface area contributed by atoms with Gasteiger partial charge in [-0.3, -0.25) is 9.78 Å². The topological polar surface area (TPSA) is 96.2 Å². The van der Waals surface area contributed by atoms with Crippen molar-refractivity contribution in [3.63, 3.8) is 0 Å². The van der Waals surface area contributed by atoms with Gasteiger partial charge in [-0.25, -0.2) is 4.98 Å². The van der Waals surface area contributed by atoms with Crippen LogP contribution in [0.1, 0.15) is 89.9 Å². The number of nitrogens with one attached hydrogen (secondary N) is 1. The Labute approximate surface area is 235 Å². The highest BCUT2D eigenvalue weighted by molar-refractivity contribution is 5.94. The third-order valence-electron chi connectivity index (χ3n) is 8.55. The van der Waals surface area contributed by atoms with E-state index in [2.05, 4.69) is 40.1 Å². The van der Waals surface area contributed by atoms with Gasteiger partial charge in [0.1, 0.15) is 5.65 Å². The largest absolute Gasteiger partial charge is 0.393 e. The molecule has 3 aromatic heterocycles. The van der Waals surface area contributed by atoms with Gasteiger partial charge in [-0.15, -0.1) is 0 Å². The van der Waals surface area contributed by atoms with Gasteiger partial charge in [0.05, 0.1) is 12.1 Å². The van der Waals surface area contributed by atoms with Crippen LogP contribution in [-0.2, 0) is 0 Å². The lowest BCUT2D eigenvalue weighted by Gasteiger charge is -2.27. The van der Waals surface area contributed by atoms with E-state index in [1.54, 1.807) is 0 Å². The van der Waals surface area contributed by atoms with Crippen LogP contribution >= 0.6 is 0 Å². The summed E-state index contributed by atoms with van der Waals surface area (Å²) in [5.41, 5.74) is 5.76. The van der Waals surface area contributed by atoms with Crippen LogP contribution in [0.15, 0.2) is 54.9 Å². The van der Waals surface area contributed by atoms with Crippen molar-refractivity contribution in [3.8, 4) is 0 Å². The molecule has 6 rings (SSSR count). The fraction of sp³-hybridized carbons (Fsp3) is 0.438. The summed E-state index contributed by atoms with van der Waals surface area (Å²) in [5.74, 6) is 0.896. The van der Waals surface area contributed by atoms with Crippen molar-refractivity contribution in [2.24, 2.45) is 0 Å². The second-order valence-corrected chi connectivity index (χ2v) is 11.5. The lowest BCUT2D eigenvalue weighted by Crippen LogP contribution is -2.28. The molecule has 208 valence electrons. The molecule has 8 heteroatoms. The number of hydrogen-bond acceptors (Lipinski definition) is 6. The van der Waals surface area contributed by atoms with Crippen LogP contribution < -0.4 is 5.32 Å². The monoisotopic (exact) mass is 538 g/mol. The van der Waals surface area contributed by atoms with Crippen LogP contribution in [0.4, 0.5) is 5.95 Å². The molecule has 4 heterocycles. The Morgan fingerprint density at radius 2 is 1.75 bits per heavy atom. The molecule has 1 saturated heterocycles. The highest BCUT2D eigenvalue weighted by atomic mass is 16.3. The highest BCUT2D eigenvalue weighted by Crippen LogP contribution is 2.38. The van der Waals surface area contributed by atoms with Gasteiger partial charge in [-0.1, -0.05) is 30.3 Å². The number of aryl methyl sites for hydroxylation is 2. The predicted octanol–water partition coefficient (Wildman–Crippen LogP) is 5.72. The molecule has 2 N–H and O–H groups in total. The maximum Gasteiger partial charge on any atom is 0.254 e. The molecule has 0 bridgehead atoms. The molecule has 1 aliphatic carbocycles. The smallest absolute Gasteiger partial charge is 0.254 e. The SMILES string of the molecule is Cc1cc(C(=O)N2CCC(c3cn([C@H]4CC[C@H](O)CC4)c4nc(N[C@@H](C)c5ccccc5)ncc34)C2)cc(C)n1. The molecular formula is C32H38N6O2. The maximum absolute atomic E-state index is 13.4. The number of hydrogen-bond donors (Lipinski definition) is 2. The van der Waals surface area contributed by atoms with Crippen LogP contribution in [0.3, 0.4) is 0 Å². The van der Waals surface area contributed by atoms with Gasteiger partial charge < -0.3 is 19.9 Å². The van der Waals surface area contributed by atoms with Crippen LogP contribution in [0.25, 0.3) is 11.0 Å². The van der Waals surface area contributed by atoms with E-state index in [1.165, 1.54) is 11.1 Å². The molecule has 0 spiro atoms. The summed E-state index contributed by atoms with van der Waals surface area (Å²) in [6, 6.07) is 14.4. The normalized spacial score (nSPS) is 22.0. The molecule has 2 aliphatic rings. The zero-order valence-corrected chi connectivity index (χ0v) is 23.5. The molecule has 1 aliphatic heterocycles. The van der Waals surface area contributed by atoms with E-state index in [9.17, 15) is 9.90 Å². The number of aliphatic hydroxyl groups excluding tert-OH is 1. The van der Waals surface area contributed by atoms with Crippen LogP contribution in [0.5, 0.6) is 0 Å². The van der Waals surface area contributed by atoms with E-state index in [0.717, 1.165) is 61.1 Å². The Balaban J connectivity index is 1.30. The van der Waals surface area contributed by atoms with Gasteiger partial charge in [-0.05, 0) is 76.1 Å². The highest BCUT2D eigenvalue weighted by Gasteiger charge is 2.32. The number of nitrogens with zero attached hydrogens (tertiary/aromatic N) is 5. The van der Waals surface area contributed by atoms with Crippen LogP contribution in [-0.4, -0.2) is 54.6 Å². The average molecular weight is 539 g/mol. The number of benzene rings is 1. The molecule has 0 radical (unpaired) electrons. The zero-order chi connectivity index (χ0) is 27.8. The Kier molecular flexibility index (Phi) is 7.27. The molecule has 2 fully saturated rings. The molecule has 40 heavy (non-hydrogen) atoms. The van der Waals surface area contributed by atoms with Crippen molar-refractivity contribution < 1.29 is 9.90 Å². The number of fused-ring (bicyclic) bond motifs is 1. The first-order valence-electron chi connectivity index (χ1n) is 14.5. The van der Waals surface area contributed by atoms with Crippen molar-refractivity contribution in [1.29, 1.82) is 0 Å². The fourth-order valence-electron chi connectivity index (χ4n) is 6.42. The van der Waals surface area contributed by atoms with Gasteiger partial charge in [-0.2, -0.15) is 4.98 Å². The second kappa shape index (κ2) is 11.0. The molecule has 1 unspecified atom stereocenters. The first-order valence-corrected chi connectivity index (χ1v) is 14.5. The molecule has 4 aromatic rings. The quantitative estimate of drug-likeness (QED) is 0.326. The van der Waals surface area contributed by atoms with Crippen molar-refractivity contribution in [1.82, 2.24) is 24.4 Å². The number of pyridine rings is 1. The van der Waals surface area contributed by atoms with Gasteiger partial charge in [0.2, 0.25) is 5.95 Å². The van der Waals surface area contributed by atoms with E-state index < -0.39 is 0 Å². The summed E-state index contributed by atoms with van der Waals surface area (Å²) in [5, 5.41) is 14.7. The van der Waals surface area contributed by atoms with Crippen LogP contribution in [0, 0.1) is 13.8 Å². The average Bonchev–Trinajstić information content (AvgIpc) is 3.58. The van der Waals surface area contributed by atoms with E-state index in [-0.39, 0.29) is 30.0 Å². The molecular weight excluding hydrogens is 500 g/mol. The number of aliphatic hydroxyl groups is 1. The Bertz CT molecular complexity index is 1490. The third kappa shape index (κ3) is 5.32. The molecule has 2 atom stereocenters. The van der Waals surface area contributed by atoms with Crippen molar-refractivity contribution >= 4 is 22.9 Å². The van der Waals surface area contributed by atoms with E-state index in [0.29, 0.717) is 18.1 Å². The van der Waals surface area contributed by atoms with E-state index in [4.69, 9.17) is 9.97 Å². The maximum atomic E-state index is 13.4. The summed E-state index contributed by atoms with van der Waals surface area (Å²) in [4.78, 5) is 29.5. The summed E-state index contributed by atoms with van der Waals surface area (Å²) in [6.45, 7) is 7.37. The summed E-state index contributed by atoms with van der Waals surface area (Å²) in [6.07, 6.45) is 8.35. The summed E-state index contributed by atoms with van der Waals surface area (Å²) >= 11 is 0. The van der Waals surface area contributed by atoms with E-state index in [1.807, 2.05) is 55.3 Å². The number of carbonyl (C=O) groups excluding carboxylic acids is 1. The summed E-state index contributed by atoms with van der Waals surface area (Å²) in [7, 11) is 0.